The van der Waals surface area contributed by atoms with Crippen molar-refractivity contribution in [3.8, 4) is 0 Å². The average Bonchev–Trinajstić information content (AvgIpc) is 3.26. The van der Waals surface area contributed by atoms with Gasteiger partial charge in [-0.1, -0.05) is 12.8 Å². The highest BCUT2D eigenvalue weighted by atomic mass is 32.2. The quantitative estimate of drug-likeness (QED) is 0.681. The second-order valence-electron chi connectivity index (χ2n) is 6.63. The normalized spacial score (nSPS) is 21.5. The molecule has 0 bridgehead atoms. The molecule has 0 spiro atoms. The highest BCUT2D eigenvalue weighted by Crippen LogP contribution is 2.26. The Balaban J connectivity index is 1.76. The number of rotatable bonds is 7. The van der Waals surface area contributed by atoms with Crippen LogP contribution in [0.25, 0.3) is 0 Å². The predicted molar refractivity (Wildman–Crippen MR) is 93.4 cm³/mol. The number of ether oxygens (including phenoxy) is 1. The molecule has 0 amide bonds. The lowest BCUT2D eigenvalue weighted by Gasteiger charge is -2.17. The van der Waals surface area contributed by atoms with Gasteiger partial charge in [0.15, 0.2) is 0 Å². The van der Waals surface area contributed by atoms with Crippen LogP contribution in [0.5, 0.6) is 0 Å². The Morgan fingerprint density at radius 3 is 2.60 bits per heavy atom. The first-order chi connectivity index (χ1) is 12.0. The van der Waals surface area contributed by atoms with Gasteiger partial charge >= 0.3 is 5.97 Å². The van der Waals surface area contributed by atoms with E-state index in [9.17, 15) is 18.3 Å². The van der Waals surface area contributed by atoms with E-state index >= 15 is 0 Å². The molecule has 3 rings (SSSR count). The third kappa shape index (κ3) is 4.50. The SMILES string of the molecule is O=C(O)c1cc(S(=O)(=O)NC[C@@H]2CCCO2)ccc1NC1CCCC1. The van der Waals surface area contributed by atoms with Gasteiger partial charge in [-0.25, -0.2) is 17.9 Å². The smallest absolute Gasteiger partial charge is 0.337 e. The number of hydrogen-bond acceptors (Lipinski definition) is 5. The summed E-state index contributed by atoms with van der Waals surface area (Å²) in [5, 5.41) is 12.7. The fourth-order valence-corrected chi connectivity index (χ4v) is 4.47. The monoisotopic (exact) mass is 368 g/mol. The van der Waals surface area contributed by atoms with E-state index in [0.29, 0.717) is 12.3 Å². The molecule has 1 saturated heterocycles. The van der Waals surface area contributed by atoms with E-state index < -0.39 is 16.0 Å². The summed E-state index contributed by atoms with van der Waals surface area (Å²) in [5.41, 5.74) is 0.448. The molecule has 1 aliphatic carbocycles. The molecular formula is C17H24N2O5S. The first kappa shape index (κ1) is 18.2. The Morgan fingerprint density at radius 1 is 1.20 bits per heavy atom. The van der Waals surface area contributed by atoms with Crippen molar-refractivity contribution in [1.29, 1.82) is 0 Å². The number of nitrogens with one attached hydrogen (secondary N) is 2. The van der Waals surface area contributed by atoms with Crippen LogP contribution in [0.15, 0.2) is 23.1 Å². The summed E-state index contributed by atoms with van der Waals surface area (Å²) in [6, 6.07) is 4.46. The summed E-state index contributed by atoms with van der Waals surface area (Å²) in [5.74, 6) is -1.14. The van der Waals surface area contributed by atoms with Gasteiger partial charge in [-0.3, -0.25) is 0 Å². The van der Waals surface area contributed by atoms with Gasteiger partial charge in [0.25, 0.3) is 0 Å². The van der Waals surface area contributed by atoms with Crippen LogP contribution in [0.1, 0.15) is 48.9 Å². The lowest BCUT2D eigenvalue weighted by atomic mass is 10.1. The maximum atomic E-state index is 12.4. The third-order valence-electron chi connectivity index (χ3n) is 4.77. The summed E-state index contributed by atoms with van der Waals surface area (Å²) >= 11 is 0. The van der Waals surface area contributed by atoms with E-state index in [1.807, 2.05) is 0 Å². The molecule has 2 aliphatic rings. The molecular weight excluding hydrogens is 344 g/mol. The van der Waals surface area contributed by atoms with Crippen LogP contribution in [0, 0.1) is 0 Å². The molecule has 3 N–H and O–H groups in total. The fourth-order valence-electron chi connectivity index (χ4n) is 3.37. The molecule has 1 aliphatic heterocycles. The maximum absolute atomic E-state index is 12.4. The zero-order valence-corrected chi connectivity index (χ0v) is 14.8. The third-order valence-corrected chi connectivity index (χ3v) is 6.19. The van der Waals surface area contributed by atoms with E-state index in [1.54, 1.807) is 6.07 Å². The van der Waals surface area contributed by atoms with Gasteiger partial charge in [0.05, 0.1) is 16.6 Å². The minimum atomic E-state index is -3.77. The number of carboxylic acid groups (broad SMARTS) is 1. The predicted octanol–water partition coefficient (Wildman–Crippen LogP) is 2.20. The number of carbonyl (C=O) groups is 1. The van der Waals surface area contributed by atoms with Gasteiger partial charge in [-0.05, 0) is 43.9 Å². The molecule has 1 atom stereocenters. The fraction of sp³-hybridized carbons (Fsp3) is 0.588. The maximum Gasteiger partial charge on any atom is 0.337 e. The van der Waals surface area contributed by atoms with Crippen LogP contribution in [0.3, 0.4) is 0 Å². The number of benzene rings is 1. The van der Waals surface area contributed by atoms with Crippen molar-refractivity contribution in [2.45, 2.75) is 55.6 Å². The van der Waals surface area contributed by atoms with Crippen LogP contribution in [-0.2, 0) is 14.8 Å². The van der Waals surface area contributed by atoms with Gasteiger partial charge in [-0.15, -0.1) is 0 Å². The molecule has 25 heavy (non-hydrogen) atoms. The van der Waals surface area contributed by atoms with Crippen LogP contribution in [-0.4, -0.2) is 44.8 Å². The van der Waals surface area contributed by atoms with Gasteiger partial charge in [0.2, 0.25) is 10.0 Å². The Hall–Kier alpha value is -1.64. The van der Waals surface area contributed by atoms with Crippen molar-refractivity contribution in [3.63, 3.8) is 0 Å². The van der Waals surface area contributed by atoms with Crippen molar-refractivity contribution in [2.24, 2.45) is 0 Å². The number of carboxylic acids is 1. The van der Waals surface area contributed by atoms with Gasteiger partial charge in [0.1, 0.15) is 0 Å². The topological polar surface area (TPSA) is 105 Å². The Morgan fingerprint density at radius 2 is 1.96 bits per heavy atom. The molecule has 2 fully saturated rings. The standard InChI is InChI=1S/C17H24N2O5S/c20-17(21)15-10-14(7-8-16(15)19-12-4-1-2-5-12)25(22,23)18-11-13-6-3-9-24-13/h7-8,10,12-13,18-19H,1-6,9,11H2,(H,20,21)/t13-/m0/s1. The summed E-state index contributed by atoms with van der Waals surface area (Å²) in [6.45, 7) is 0.851. The Bertz CT molecular complexity index is 723. The number of anilines is 1. The van der Waals surface area contributed by atoms with Gasteiger partial charge in [0, 0.05) is 24.9 Å². The van der Waals surface area contributed by atoms with Crippen molar-refractivity contribution >= 4 is 21.7 Å². The Kier molecular flexibility index (Phi) is 5.61. The largest absolute Gasteiger partial charge is 0.478 e. The highest BCUT2D eigenvalue weighted by molar-refractivity contribution is 7.89. The summed E-state index contributed by atoms with van der Waals surface area (Å²) in [6.07, 6.45) is 5.89. The highest BCUT2D eigenvalue weighted by Gasteiger charge is 2.23. The van der Waals surface area contributed by atoms with E-state index in [0.717, 1.165) is 38.5 Å². The van der Waals surface area contributed by atoms with Crippen molar-refractivity contribution in [1.82, 2.24) is 4.72 Å². The lowest BCUT2D eigenvalue weighted by Crippen LogP contribution is -2.32. The van der Waals surface area contributed by atoms with E-state index in [1.165, 1.54) is 12.1 Å². The van der Waals surface area contributed by atoms with Gasteiger partial charge in [-0.2, -0.15) is 0 Å². The van der Waals surface area contributed by atoms with Crippen molar-refractivity contribution in [2.75, 3.05) is 18.5 Å². The minimum Gasteiger partial charge on any atom is -0.478 e. The molecule has 0 radical (unpaired) electrons. The zero-order chi connectivity index (χ0) is 17.9. The Labute approximate surface area is 147 Å². The zero-order valence-electron chi connectivity index (χ0n) is 14.0. The average molecular weight is 368 g/mol. The van der Waals surface area contributed by atoms with E-state index in [2.05, 4.69) is 10.0 Å². The second kappa shape index (κ2) is 7.72. The summed E-state index contributed by atoms with van der Waals surface area (Å²) < 4.78 is 32.8. The van der Waals surface area contributed by atoms with E-state index in [4.69, 9.17) is 4.74 Å². The van der Waals surface area contributed by atoms with E-state index in [-0.39, 0.29) is 29.1 Å². The molecule has 1 heterocycles. The summed E-state index contributed by atoms with van der Waals surface area (Å²) in [7, 11) is -3.77. The van der Waals surface area contributed by atoms with Gasteiger partial charge < -0.3 is 15.2 Å². The molecule has 0 unspecified atom stereocenters. The number of aromatic carboxylic acids is 1. The molecule has 7 nitrogen and oxygen atoms in total. The molecule has 1 aromatic carbocycles. The van der Waals surface area contributed by atoms with Crippen LogP contribution < -0.4 is 10.0 Å². The van der Waals surface area contributed by atoms with Crippen LogP contribution in [0.2, 0.25) is 0 Å². The lowest BCUT2D eigenvalue weighted by molar-refractivity contribution is 0.0697. The number of hydrogen-bond donors (Lipinski definition) is 3. The first-order valence-corrected chi connectivity index (χ1v) is 10.2. The molecule has 0 aromatic heterocycles. The summed E-state index contributed by atoms with van der Waals surface area (Å²) in [4.78, 5) is 11.5. The minimum absolute atomic E-state index is 0.0214. The molecule has 1 aromatic rings. The second-order valence-corrected chi connectivity index (χ2v) is 8.39. The number of sulfonamides is 1. The van der Waals surface area contributed by atoms with Crippen LogP contribution >= 0.6 is 0 Å². The molecule has 8 heteroatoms. The van der Waals surface area contributed by atoms with Crippen LogP contribution in [0.4, 0.5) is 5.69 Å². The molecule has 138 valence electrons. The van der Waals surface area contributed by atoms with Crippen molar-refractivity contribution in [3.05, 3.63) is 23.8 Å². The van der Waals surface area contributed by atoms with Crippen molar-refractivity contribution < 1.29 is 23.1 Å². The molecule has 1 saturated carbocycles. The first-order valence-electron chi connectivity index (χ1n) is 8.71.